The molecule has 1 aromatic heterocycles. The lowest BCUT2D eigenvalue weighted by molar-refractivity contribution is -0.268. The molecule has 1 unspecified atom stereocenters. The second kappa shape index (κ2) is 16.3. The number of primary amides is 1. The predicted octanol–water partition coefficient (Wildman–Crippen LogP) is -4.48. The third-order valence-electron chi connectivity index (χ3n) is 6.91. The molecule has 0 aromatic carbocycles. The van der Waals surface area contributed by atoms with Gasteiger partial charge in [-0.3, -0.25) is 19.2 Å². The Bertz CT molecular complexity index is 1190. The van der Waals surface area contributed by atoms with Gasteiger partial charge in [0.15, 0.2) is 6.29 Å². The molecule has 19 nitrogen and oxygen atoms in total. The zero-order chi connectivity index (χ0) is 34.2. The molecule has 1 aliphatic heterocycles. The normalized spacial score (nSPS) is 24.0. The number of aromatic hydroxyl groups is 2. The van der Waals surface area contributed by atoms with Crippen LogP contribution in [-0.4, -0.2) is 133 Å². The molecule has 1 fully saturated rings. The Morgan fingerprint density at radius 1 is 1.11 bits per heavy atom. The largest absolute Gasteiger partial charge is 0.492 e. The zero-order valence-corrected chi connectivity index (χ0v) is 25.2. The quantitative estimate of drug-likeness (QED) is 0.0868. The molecule has 1 saturated heterocycles. The molecule has 4 amide bonds. The van der Waals surface area contributed by atoms with Crippen LogP contribution >= 0.6 is 0 Å². The summed E-state index contributed by atoms with van der Waals surface area (Å²) < 4.78 is 11.5. The number of nitrogens with zero attached hydrogens (tertiary/aromatic N) is 2. The number of nitrogens with one attached hydrogen (secondary N) is 2. The summed E-state index contributed by atoms with van der Waals surface area (Å²) in [5.41, 5.74) is 10.9. The Labute approximate surface area is 257 Å². The maximum atomic E-state index is 13.5. The highest BCUT2D eigenvalue weighted by Crippen LogP contribution is 2.25. The van der Waals surface area contributed by atoms with Crippen LogP contribution in [-0.2, 0) is 33.4 Å². The summed E-state index contributed by atoms with van der Waals surface area (Å²) >= 11 is 0. The maximum absolute atomic E-state index is 13.5. The topological polar surface area (TPSA) is 298 Å². The highest BCUT2D eigenvalue weighted by atomic mass is 16.7. The van der Waals surface area contributed by atoms with E-state index in [-0.39, 0.29) is 13.0 Å². The standard InChI is InChI=1S/C26H42N6O13/c1-11(43-22-20(29-14(4)34)26(42)44-16(10-33)21(22)38)9-31(13(3)25(41)45-32-18(36)7-8-19(32)37)17(35)6-5-15(23(28)39)30-24(40)12(2)27/h7-8,11-13,15-16,20-22,26,33,36-38,42H,5-6,9-10,27H2,1-4H3,(H2,28,39)(H,29,34)(H,30,40)/t11?,12-,13-,15+,16+,20+,21+,22+,26-/m0/s1. The van der Waals surface area contributed by atoms with Gasteiger partial charge in [-0.1, -0.05) is 0 Å². The van der Waals surface area contributed by atoms with Gasteiger partial charge in [0.2, 0.25) is 35.4 Å². The molecular formula is C26H42N6O13. The summed E-state index contributed by atoms with van der Waals surface area (Å²) in [6.45, 7) is 4.16. The minimum atomic E-state index is -1.68. The van der Waals surface area contributed by atoms with Crippen LogP contribution in [0.3, 0.4) is 0 Å². The zero-order valence-electron chi connectivity index (χ0n) is 25.2. The number of aromatic nitrogens is 1. The van der Waals surface area contributed by atoms with Crippen molar-refractivity contribution in [2.24, 2.45) is 11.5 Å². The molecule has 11 N–H and O–H groups in total. The van der Waals surface area contributed by atoms with Crippen LogP contribution in [0.25, 0.3) is 0 Å². The molecule has 0 aliphatic carbocycles. The number of hydrogen-bond donors (Lipinski definition) is 9. The summed E-state index contributed by atoms with van der Waals surface area (Å²) in [6.07, 6.45) is -7.63. The average Bonchev–Trinajstić information content (AvgIpc) is 3.28. The van der Waals surface area contributed by atoms with Crippen LogP contribution in [0.1, 0.15) is 40.5 Å². The van der Waals surface area contributed by atoms with Crippen molar-refractivity contribution in [3.63, 3.8) is 0 Å². The molecule has 19 heteroatoms. The van der Waals surface area contributed by atoms with Crippen molar-refractivity contribution in [1.29, 1.82) is 0 Å². The average molecular weight is 647 g/mol. The highest BCUT2D eigenvalue weighted by molar-refractivity contribution is 5.89. The third kappa shape index (κ3) is 9.99. The van der Waals surface area contributed by atoms with Crippen molar-refractivity contribution < 1.29 is 63.8 Å². The second-order valence-corrected chi connectivity index (χ2v) is 10.6. The van der Waals surface area contributed by atoms with Gasteiger partial charge in [-0.15, -0.1) is 4.73 Å². The number of ether oxygens (including phenoxy) is 2. The Kier molecular flexibility index (Phi) is 13.5. The van der Waals surface area contributed by atoms with E-state index in [1.807, 2.05) is 0 Å². The van der Waals surface area contributed by atoms with Crippen LogP contribution in [0.15, 0.2) is 12.1 Å². The smallest absolute Gasteiger partial charge is 0.355 e. The maximum Gasteiger partial charge on any atom is 0.355 e. The van der Waals surface area contributed by atoms with E-state index in [1.54, 1.807) is 0 Å². The summed E-state index contributed by atoms with van der Waals surface area (Å²) in [5, 5.41) is 55.2. The summed E-state index contributed by atoms with van der Waals surface area (Å²) in [4.78, 5) is 68.3. The monoisotopic (exact) mass is 646 g/mol. The van der Waals surface area contributed by atoms with E-state index in [4.69, 9.17) is 25.8 Å². The molecule has 0 bridgehead atoms. The highest BCUT2D eigenvalue weighted by Gasteiger charge is 2.46. The summed E-state index contributed by atoms with van der Waals surface area (Å²) in [6, 6.07) is -2.88. The van der Waals surface area contributed by atoms with E-state index < -0.39 is 109 Å². The number of hydrogen-bond acceptors (Lipinski definition) is 14. The van der Waals surface area contributed by atoms with Crippen molar-refractivity contribution in [1.82, 2.24) is 20.3 Å². The van der Waals surface area contributed by atoms with Gasteiger partial charge in [-0.2, -0.15) is 0 Å². The first-order valence-electron chi connectivity index (χ1n) is 14.0. The Morgan fingerprint density at radius 2 is 1.71 bits per heavy atom. The fourth-order valence-corrected chi connectivity index (χ4v) is 4.49. The molecule has 254 valence electrons. The van der Waals surface area contributed by atoms with Gasteiger partial charge in [-0.25, -0.2) is 4.79 Å². The first-order valence-corrected chi connectivity index (χ1v) is 14.0. The van der Waals surface area contributed by atoms with Gasteiger partial charge in [0, 0.05) is 32.0 Å². The minimum Gasteiger partial charge on any atom is -0.492 e. The first kappa shape index (κ1) is 37.2. The van der Waals surface area contributed by atoms with E-state index in [9.17, 15) is 49.5 Å². The number of carbonyl (C=O) groups excluding carboxylic acids is 5. The Morgan fingerprint density at radius 3 is 2.22 bits per heavy atom. The molecule has 0 spiro atoms. The molecule has 1 aromatic rings. The number of aliphatic hydroxyl groups is 3. The minimum absolute atomic E-state index is 0.285. The van der Waals surface area contributed by atoms with Crippen molar-refractivity contribution in [2.45, 2.75) is 95.4 Å². The van der Waals surface area contributed by atoms with Gasteiger partial charge in [0.1, 0.15) is 36.4 Å². The van der Waals surface area contributed by atoms with Crippen LogP contribution < -0.4 is 26.9 Å². The van der Waals surface area contributed by atoms with Crippen LogP contribution in [0.4, 0.5) is 0 Å². The van der Waals surface area contributed by atoms with Crippen molar-refractivity contribution >= 4 is 29.6 Å². The molecule has 0 radical (unpaired) electrons. The van der Waals surface area contributed by atoms with Crippen LogP contribution in [0, 0.1) is 0 Å². The van der Waals surface area contributed by atoms with Gasteiger partial charge in [-0.05, 0) is 27.2 Å². The van der Waals surface area contributed by atoms with Crippen molar-refractivity contribution in [3.8, 4) is 11.8 Å². The van der Waals surface area contributed by atoms with E-state index >= 15 is 0 Å². The van der Waals surface area contributed by atoms with Crippen molar-refractivity contribution in [3.05, 3.63) is 12.1 Å². The van der Waals surface area contributed by atoms with E-state index in [1.165, 1.54) is 20.8 Å². The van der Waals surface area contributed by atoms with E-state index in [0.29, 0.717) is 4.73 Å². The first-order chi connectivity index (χ1) is 21.0. The fraction of sp³-hybridized carbons (Fsp3) is 0.654. The molecule has 2 heterocycles. The SMILES string of the molecule is CC(=O)N[C@@H]1[C@@H](OC(C)CN(C(=O)CC[C@@H](NC(=O)[C@H](C)N)C(N)=O)[C@@H](C)C(=O)On2c(O)ccc2O)[C@H](O)[C@@H](CO)O[C@@H]1O. The molecule has 0 saturated carbocycles. The number of amides is 4. The lowest BCUT2D eigenvalue weighted by atomic mass is 9.96. The number of nitrogens with two attached hydrogens (primary N) is 2. The van der Waals surface area contributed by atoms with E-state index in [2.05, 4.69) is 10.6 Å². The Hall–Kier alpha value is -4.01. The van der Waals surface area contributed by atoms with Gasteiger partial charge < -0.3 is 66.8 Å². The fourth-order valence-electron chi connectivity index (χ4n) is 4.49. The molecular weight excluding hydrogens is 604 g/mol. The second-order valence-electron chi connectivity index (χ2n) is 10.6. The predicted molar refractivity (Wildman–Crippen MR) is 150 cm³/mol. The van der Waals surface area contributed by atoms with Crippen molar-refractivity contribution in [2.75, 3.05) is 13.2 Å². The third-order valence-corrected chi connectivity index (χ3v) is 6.91. The van der Waals surface area contributed by atoms with Gasteiger partial charge in [0.25, 0.3) is 0 Å². The molecule has 2 rings (SSSR count). The number of aliphatic hydroxyl groups excluding tert-OH is 3. The van der Waals surface area contributed by atoms with Gasteiger partial charge in [0.05, 0.1) is 18.8 Å². The molecule has 1 aliphatic rings. The van der Waals surface area contributed by atoms with E-state index in [0.717, 1.165) is 24.0 Å². The number of carbonyl (C=O) groups is 5. The summed E-state index contributed by atoms with van der Waals surface area (Å²) in [5.74, 6) is -5.34. The molecule has 9 atom stereocenters. The van der Waals surface area contributed by atoms with Crippen LogP contribution in [0.5, 0.6) is 11.8 Å². The van der Waals surface area contributed by atoms with Crippen LogP contribution in [0.2, 0.25) is 0 Å². The summed E-state index contributed by atoms with van der Waals surface area (Å²) in [7, 11) is 0. The van der Waals surface area contributed by atoms with Gasteiger partial charge >= 0.3 is 5.97 Å². The lowest BCUT2D eigenvalue weighted by Crippen LogP contribution is -2.65. The Balaban J connectivity index is 2.31. The lowest BCUT2D eigenvalue weighted by Gasteiger charge is -2.43. The molecule has 45 heavy (non-hydrogen) atoms. The number of rotatable bonds is 15.